The van der Waals surface area contributed by atoms with Gasteiger partial charge in [0.1, 0.15) is 0 Å². The van der Waals surface area contributed by atoms with Gasteiger partial charge >= 0.3 is 11.8 Å². The number of amides is 2. The largest absolute Gasteiger partial charge is 0.397 e. The Balaban J connectivity index is 2.02. The minimum Gasteiger partial charge on any atom is -0.397 e. The van der Waals surface area contributed by atoms with E-state index in [1.165, 1.54) is 0 Å². The molecular formula is C17H19N3O2. The number of anilines is 3. The molecule has 22 heavy (non-hydrogen) atoms. The van der Waals surface area contributed by atoms with Crippen molar-refractivity contribution in [3.63, 3.8) is 0 Å². The van der Waals surface area contributed by atoms with Crippen LogP contribution >= 0.6 is 0 Å². The summed E-state index contributed by atoms with van der Waals surface area (Å²) >= 11 is 0. The molecule has 0 atom stereocenters. The lowest BCUT2D eigenvalue weighted by Crippen LogP contribution is -2.29. The van der Waals surface area contributed by atoms with Gasteiger partial charge in [-0.15, -0.1) is 0 Å². The molecule has 0 spiro atoms. The van der Waals surface area contributed by atoms with Gasteiger partial charge in [0.05, 0.1) is 11.4 Å². The molecule has 4 N–H and O–H groups in total. The van der Waals surface area contributed by atoms with Crippen LogP contribution in [-0.2, 0) is 16.0 Å². The number of rotatable bonds is 3. The first kappa shape index (κ1) is 15.6. The maximum atomic E-state index is 11.9. The summed E-state index contributed by atoms with van der Waals surface area (Å²) in [4.78, 5) is 23.8. The van der Waals surface area contributed by atoms with E-state index in [1.807, 2.05) is 32.0 Å². The fourth-order valence-corrected chi connectivity index (χ4v) is 1.97. The summed E-state index contributed by atoms with van der Waals surface area (Å²) in [5.41, 5.74) is 9.31. The fourth-order valence-electron chi connectivity index (χ4n) is 1.97. The number of carbonyl (C=O) groups excluding carboxylic acids is 2. The third-order valence-electron chi connectivity index (χ3n) is 3.28. The van der Waals surface area contributed by atoms with Crippen LogP contribution in [0.5, 0.6) is 0 Å². The standard InChI is InChI=1S/C17H19N3O2/c1-3-12-5-7-13(8-6-12)19-16(21)17(22)20-15-10-11(2)4-9-14(15)18/h4-10H,3,18H2,1-2H3,(H,19,21)(H,20,22). The van der Waals surface area contributed by atoms with Gasteiger partial charge < -0.3 is 16.4 Å². The first-order valence-electron chi connectivity index (χ1n) is 7.07. The number of aryl methyl sites for hydroxylation is 2. The van der Waals surface area contributed by atoms with Crippen molar-refractivity contribution < 1.29 is 9.59 Å². The number of nitrogens with two attached hydrogens (primary N) is 1. The van der Waals surface area contributed by atoms with E-state index in [0.717, 1.165) is 17.5 Å². The SMILES string of the molecule is CCc1ccc(NC(=O)C(=O)Nc2cc(C)ccc2N)cc1. The van der Waals surface area contributed by atoms with Crippen LogP contribution in [0.25, 0.3) is 0 Å². The lowest BCUT2D eigenvalue weighted by molar-refractivity contribution is -0.132. The van der Waals surface area contributed by atoms with Crippen LogP contribution in [0.3, 0.4) is 0 Å². The van der Waals surface area contributed by atoms with Crippen molar-refractivity contribution in [1.82, 2.24) is 0 Å². The van der Waals surface area contributed by atoms with Gasteiger partial charge in [-0.3, -0.25) is 9.59 Å². The van der Waals surface area contributed by atoms with Crippen molar-refractivity contribution in [3.8, 4) is 0 Å². The van der Waals surface area contributed by atoms with Gasteiger partial charge in [0.15, 0.2) is 0 Å². The van der Waals surface area contributed by atoms with Crippen LogP contribution in [0.4, 0.5) is 17.1 Å². The summed E-state index contributed by atoms with van der Waals surface area (Å²) in [6, 6.07) is 12.6. The minimum absolute atomic E-state index is 0.416. The zero-order valence-electron chi connectivity index (χ0n) is 12.6. The molecule has 0 unspecified atom stereocenters. The van der Waals surface area contributed by atoms with Crippen molar-refractivity contribution in [2.75, 3.05) is 16.4 Å². The van der Waals surface area contributed by atoms with Crippen LogP contribution in [0, 0.1) is 6.92 Å². The van der Waals surface area contributed by atoms with Gasteiger partial charge in [-0.2, -0.15) is 0 Å². The Morgan fingerprint density at radius 1 is 1.00 bits per heavy atom. The van der Waals surface area contributed by atoms with E-state index in [-0.39, 0.29) is 0 Å². The van der Waals surface area contributed by atoms with Crippen LogP contribution in [0.1, 0.15) is 18.1 Å². The number of nitrogen functional groups attached to an aromatic ring is 1. The quantitative estimate of drug-likeness (QED) is 0.601. The van der Waals surface area contributed by atoms with E-state index >= 15 is 0 Å². The topological polar surface area (TPSA) is 84.2 Å². The normalized spacial score (nSPS) is 10.1. The van der Waals surface area contributed by atoms with Crippen molar-refractivity contribution >= 4 is 28.9 Å². The molecule has 0 aliphatic rings. The summed E-state index contributed by atoms with van der Waals surface area (Å²) in [6.45, 7) is 3.93. The number of hydrogen-bond acceptors (Lipinski definition) is 3. The van der Waals surface area contributed by atoms with Gasteiger partial charge in [0.2, 0.25) is 0 Å². The second kappa shape index (κ2) is 6.76. The molecule has 0 saturated carbocycles. The van der Waals surface area contributed by atoms with Crippen molar-refractivity contribution in [2.24, 2.45) is 0 Å². The maximum absolute atomic E-state index is 11.9. The lowest BCUT2D eigenvalue weighted by atomic mass is 10.1. The Morgan fingerprint density at radius 2 is 1.64 bits per heavy atom. The Morgan fingerprint density at radius 3 is 2.27 bits per heavy atom. The number of carbonyl (C=O) groups is 2. The Hall–Kier alpha value is -2.82. The van der Waals surface area contributed by atoms with Crippen LogP contribution < -0.4 is 16.4 Å². The van der Waals surface area contributed by atoms with Crippen molar-refractivity contribution in [3.05, 3.63) is 53.6 Å². The monoisotopic (exact) mass is 297 g/mol. The maximum Gasteiger partial charge on any atom is 0.314 e. The van der Waals surface area contributed by atoms with Gasteiger partial charge in [-0.05, 0) is 48.7 Å². The molecule has 2 aromatic carbocycles. The van der Waals surface area contributed by atoms with Crippen molar-refractivity contribution in [1.29, 1.82) is 0 Å². The summed E-state index contributed by atoms with van der Waals surface area (Å²) in [7, 11) is 0. The molecule has 0 aromatic heterocycles. The molecule has 0 heterocycles. The predicted molar refractivity (Wildman–Crippen MR) is 88.7 cm³/mol. The highest BCUT2D eigenvalue weighted by Gasteiger charge is 2.15. The van der Waals surface area contributed by atoms with E-state index < -0.39 is 11.8 Å². The summed E-state index contributed by atoms with van der Waals surface area (Å²) in [5, 5.41) is 5.07. The van der Waals surface area contributed by atoms with Crippen LogP contribution in [0.15, 0.2) is 42.5 Å². The molecule has 0 fully saturated rings. The van der Waals surface area contributed by atoms with E-state index in [2.05, 4.69) is 10.6 Å². The smallest absolute Gasteiger partial charge is 0.314 e. The lowest BCUT2D eigenvalue weighted by Gasteiger charge is -2.09. The fraction of sp³-hybridized carbons (Fsp3) is 0.176. The Labute approximate surface area is 129 Å². The molecule has 0 radical (unpaired) electrons. The van der Waals surface area contributed by atoms with Gasteiger partial charge in [-0.25, -0.2) is 0 Å². The van der Waals surface area contributed by atoms with E-state index in [0.29, 0.717) is 17.1 Å². The highest BCUT2D eigenvalue weighted by Crippen LogP contribution is 2.19. The summed E-state index contributed by atoms with van der Waals surface area (Å²) < 4.78 is 0. The zero-order chi connectivity index (χ0) is 16.1. The summed E-state index contributed by atoms with van der Waals surface area (Å²) in [6.07, 6.45) is 0.918. The second-order valence-electron chi connectivity index (χ2n) is 5.05. The highest BCUT2D eigenvalue weighted by atomic mass is 16.2. The molecule has 0 aliphatic carbocycles. The third kappa shape index (κ3) is 3.85. The molecule has 2 aromatic rings. The molecular weight excluding hydrogens is 278 g/mol. The average Bonchev–Trinajstić information content (AvgIpc) is 2.51. The first-order chi connectivity index (χ1) is 10.5. The van der Waals surface area contributed by atoms with Gasteiger partial charge in [-0.1, -0.05) is 25.1 Å². The predicted octanol–water partition coefficient (Wildman–Crippen LogP) is 2.72. The molecule has 5 heteroatoms. The van der Waals surface area contributed by atoms with Gasteiger partial charge in [0.25, 0.3) is 0 Å². The number of nitrogens with one attached hydrogen (secondary N) is 2. The Bertz CT molecular complexity index is 694. The first-order valence-corrected chi connectivity index (χ1v) is 7.07. The number of benzene rings is 2. The molecule has 2 rings (SSSR count). The van der Waals surface area contributed by atoms with E-state index in [4.69, 9.17) is 5.73 Å². The van der Waals surface area contributed by atoms with Crippen LogP contribution in [-0.4, -0.2) is 11.8 Å². The third-order valence-corrected chi connectivity index (χ3v) is 3.28. The Kier molecular flexibility index (Phi) is 4.78. The molecule has 0 saturated heterocycles. The second-order valence-corrected chi connectivity index (χ2v) is 5.05. The molecule has 5 nitrogen and oxygen atoms in total. The van der Waals surface area contributed by atoms with E-state index in [9.17, 15) is 9.59 Å². The number of hydrogen-bond donors (Lipinski definition) is 3. The van der Waals surface area contributed by atoms with Gasteiger partial charge in [0, 0.05) is 5.69 Å². The molecule has 2 amide bonds. The van der Waals surface area contributed by atoms with Crippen molar-refractivity contribution in [2.45, 2.75) is 20.3 Å². The van der Waals surface area contributed by atoms with E-state index in [1.54, 1.807) is 24.3 Å². The van der Waals surface area contributed by atoms with Crippen LogP contribution in [0.2, 0.25) is 0 Å². The highest BCUT2D eigenvalue weighted by molar-refractivity contribution is 6.43. The molecule has 114 valence electrons. The summed E-state index contributed by atoms with van der Waals surface area (Å²) in [5.74, 6) is -1.48. The zero-order valence-corrected chi connectivity index (χ0v) is 12.6. The minimum atomic E-state index is -0.753. The average molecular weight is 297 g/mol. The molecule has 0 bridgehead atoms. The molecule has 0 aliphatic heterocycles.